The fourth-order valence-electron chi connectivity index (χ4n) is 1.44. The fraction of sp³-hybridized carbons (Fsp3) is 0.0833. The second-order valence-electron chi connectivity index (χ2n) is 3.66. The monoisotopic (exact) mass is 245 g/mol. The third kappa shape index (κ3) is 2.94. The third-order valence-corrected chi connectivity index (χ3v) is 2.29. The summed E-state index contributed by atoms with van der Waals surface area (Å²) in [5, 5.41) is 11.8. The maximum Gasteiger partial charge on any atom is 0.251 e. The van der Waals surface area contributed by atoms with E-state index in [-0.39, 0.29) is 11.4 Å². The number of carbonyl (C=O) groups excluding carboxylic acids is 1. The van der Waals surface area contributed by atoms with Crippen LogP contribution in [-0.4, -0.2) is 21.0 Å². The minimum absolute atomic E-state index is 0.116. The Hall–Kier alpha value is -2.63. The summed E-state index contributed by atoms with van der Waals surface area (Å²) < 4.78 is 0. The Labute approximate surface area is 102 Å². The van der Waals surface area contributed by atoms with Crippen LogP contribution in [0.5, 0.6) is 5.88 Å². The molecule has 1 amide bonds. The van der Waals surface area contributed by atoms with Crippen LogP contribution in [0, 0.1) is 0 Å². The lowest BCUT2D eigenvalue weighted by Crippen LogP contribution is -2.24. The molecule has 0 unspecified atom stereocenters. The highest BCUT2D eigenvalue weighted by molar-refractivity contribution is 5.94. The molecule has 0 aliphatic rings. The van der Waals surface area contributed by atoms with Crippen LogP contribution in [-0.2, 0) is 6.54 Å². The smallest absolute Gasteiger partial charge is 0.251 e. The number of rotatable bonds is 3. The number of pyridine rings is 2. The molecule has 0 fully saturated rings. The van der Waals surface area contributed by atoms with E-state index in [1.807, 2.05) is 0 Å². The zero-order valence-corrected chi connectivity index (χ0v) is 9.38. The Kier molecular flexibility index (Phi) is 3.38. The molecule has 0 bridgehead atoms. The summed E-state index contributed by atoms with van der Waals surface area (Å²) in [4.78, 5) is 28.8. The third-order valence-electron chi connectivity index (χ3n) is 2.29. The summed E-state index contributed by atoms with van der Waals surface area (Å²) in [6.07, 6.45) is 3.25. The molecule has 6 heteroatoms. The summed E-state index contributed by atoms with van der Waals surface area (Å²) in [7, 11) is 0. The first kappa shape index (κ1) is 11.8. The molecule has 0 aliphatic heterocycles. The molecule has 2 rings (SSSR count). The maximum atomic E-state index is 11.7. The zero-order valence-electron chi connectivity index (χ0n) is 9.38. The normalized spacial score (nSPS) is 10.0. The predicted octanol–water partition coefficient (Wildman–Crippen LogP) is 0.405. The number of aromatic nitrogens is 2. The van der Waals surface area contributed by atoms with Gasteiger partial charge in [-0.05, 0) is 17.7 Å². The highest BCUT2D eigenvalue weighted by atomic mass is 16.3. The van der Waals surface area contributed by atoms with E-state index in [2.05, 4.69) is 15.3 Å². The molecule has 0 saturated carbocycles. The lowest BCUT2D eigenvalue weighted by Gasteiger charge is -2.05. The number of aromatic amines is 1. The summed E-state index contributed by atoms with van der Waals surface area (Å²) in [6, 6.07) is 5.87. The highest BCUT2D eigenvalue weighted by Gasteiger charge is 2.07. The van der Waals surface area contributed by atoms with Crippen molar-refractivity contribution in [3.63, 3.8) is 0 Å². The standard InChI is InChI=1S/C12H11N3O3/c16-10-5-9(6-11(17)15-10)12(18)14-7-8-1-3-13-4-2-8/h1-6H,7H2,(H,14,18)(H2,15,16,17). The second-order valence-corrected chi connectivity index (χ2v) is 3.66. The minimum atomic E-state index is -0.524. The summed E-state index contributed by atoms with van der Waals surface area (Å²) in [5.74, 6) is -0.759. The van der Waals surface area contributed by atoms with E-state index in [0.29, 0.717) is 6.54 Å². The van der Waals surface area contributed by atoms with E-state index >= 15 is 0 Å². The molecule has 0 spiro atoms. The van der Waals surface area contributed by atoms with Crippen molar-refractivity contribution in [3.8, 4) is 5.88 Å². The lowest BCUT2D eigenvalue weighted by molar-refractivity contribution is 0.0950. The summed E-state index contributed by atoms with van der Waals surface area (Å²) >= 11 is 0. The van der Waals surface area contributed by atoms with Gasteiger partial charge in [0, 0.05) is 31.1 Å². The molecule has 18 heavy (non-hydrogen) atoms. The molecular weight excluding hydrogens is 234 g/mol. The molecule has 0 atom stereocenters. The van der Waals surface area contributed by atoms with Crippen LogP contribution in [0.1, 0.15) is 15.9 Å². The zero-order chi connectivity index (χ0) is 13.0. The van der Waals surface area contributed by atoms with Crippen LogP contribution >= 0.6 is 0 Å². The van der Waals surface area contributed by atoms with Gasteiger partial charge in [0.25, 0.3) is 11.5 Å². The summed E-state index contributed by atoms with van der Waals surface area (Å²) in [5.41, 5.74) is 0.488. The Bertz CT molecular complexity index is 607. The van der Waals surface area contributed by atoms with Gasteiger partial charge < -0.3 is 10.4 Å². The Balaban J connectivity index is 2.06. The van der Waals surface area contributed by atoms with Crippen LogP contribution < -0.4 is 10.9 Å². The van der Waals surface area contributed by atoms with Crippen molar-refractivity contribution < 1.29 is 9.90 Å². The van der Waals surface area contributed by atoms with Crippen LogP contribution in [0.15, 0.2) is 41.5 Å². The topological polar surface area (TPSA) is 95.1 Å². The van der Waals surface area contributed by atoms with Crippen molar-refractivity contribution in [2.45, 2.75) is 6.54 Å². The first-order valence-electron chi connectivity index (χ1n) is 5.25. The SMILES string of the molecule is O=C(NCc1ccncc1)c1cc(O)[nH]c(=O)c1. The van der Waals surface area contributed by atoms with Crippen LogP contribution in [0.2, 0.25) is 0 Å². The molecule has 3 N–H and O–H groups in total. The van der Waals surface area contributed by atoms with E-state index in [0.717, 1.165) is 11.6 Å². The van der Waals surface area contributed by atoms with Gasteiger partial charge in [-0.1, -0.05) is 0 Å². The number of hydrogen-bond acceptors (Lipinski definition) is 4. The largest absolute Gasteiger partial charge is 0.494 e. The van der Waals surface area contributed by atoms with E-state index < -0.39 is 11.5 Å². The Morgan fingerprint density at radius 3 is 2.72 bits per heavy atom. The second kappa shape index (κ2) is 5.13. The average molecular weight is 245 g/mol. The van der Waals surface area contributed by atoms with Crippen molar-refractivity contribution in [2.75, 3.05) is 0 Å². The van der Waals surface area contributed by atoms with Crippen LogP contribution in [0.3, 0.4) is 0 Å². The van der Waals surface area contributed by atoms with Crippen LogP contribution in [0.4, 0.5) is 0 Å². The van der Waals surface area contributed by atoms with Gasteiger partial charge in [-0.15, -0.1) is 0 Å². The van der Waals surface area contributed by atoms with Gasteiger partial charge in [0.1, 0.15) is 0 Å². The maximum absolute atomic E-state index is 11.7. The van der Waals surface area contributed by atoms with Crippen LogP contribution in [0.25, 0.3) is 0 Å². The predicted molar refractivity (Wildman–Crippen MR) is 64.1 cm³/mol. The lowest BCUT2D eigenvalue weighted by atomic mass is 10.2. The molecular formula is C12H11N3O3. The van der Waals surface area contributed by atoms with E-state index in [1.165, 1.54) is 6.07 Å². The van der Waals surface area contributed by atoms with Gasteiger partial charge >= 0.3 is 0 Å². The summed E-state index contributed by atoms with van der Waals surface area (Å²) in [6.45, 7) is 0.328. The average Bonchev–Trinajstić information content (AvgIpc) is 2.36. The van der Waals surface area contributed by atoms with E-state index in [1.54, 1.807) is 24.5 Å². The highest BCUT2D eigenvalue weighted by Crippen LogP contribution is 2.04. The molecule has 2 aromatic heterocycles. The molecule has 6 nitrogen and oxygen atoms in total. The van der Waals surface area contributed by atoms with Crippen molar-refractivity contribution in [3.05, 3.63) is 58.1 Å². The van der Waals surface area contributed by atoms with E-state index in [9.17, 15) is 14.7 Å². The molecule has 0 saturated heterocycles. The van der Waals surface area contributed by atoms with E-state index in [4.69, 9.17) is 0 Å². The van der Waals surface area contributed by atoms with Gasteiger partial charge in [-0.3, -0.25) is 19.6 Å². The molecule has 2 aromatic rings. The number of amides is 1. The number of nitrogens with zero attached hydrogens (tertiary/aromatic N) is 1. The molecule has 0 aliphatic carbocycles. The quantitative estimate of drug-likeness (QED) is 0.729. The van der Waals surface area contributed by atoms with Gasteiger partial charge in [0.15, 0.2) is 5.88 Å². The number of hydrogen-bond donors (Lipinski definition) is 3. The van der Waals surface area contributed by atoms with Gasteiger partial charge in [0.05, 0.1) is 5.56 Å². The number of H-pyrrole nitrogens is 1. The Morgan fingerprint density at radius 1 is 1.33 bits per heavy atom. The first-order valence-corrected chi connectivity index (χ1v) is 5.25. The minimum Gasteiger partial charge on any atom is -0.494 e. The Morgan fingerprint density at radius 2 is 2.06 bits per heavy atom. The van der Waals surface area contributed by atoms with Crippen molar-refractivity contribution >= 4 is 5.91 Å². The first-order chi connectivity index (χ1) is 8.65. The van der Waals surface area contributed by atoms with Crippen molar-refractivity contribution in [1.82, 2.24) is 15.3 Å². The fourth-order valence-corrected chi connectivity index (χ4v) is 1.44. The van der Waals surface area contributed by atoms with Gasteiger partial charge in [-0.25, -0.2) is 0 Å². The molecule has 92 valence electrons. The molecule has 0 aromatic carbocycles. The van der Waals surface area contributed by atoms with Crippen molar-refractivity contribution in [2.24, 2.45) is 0 Å². The number of carbonyl (C=O) groups is 1. The molecule has 0 radical (unpaired) electrons. The number of aromatic hydroxyl groups is 1. The number of nitrogens with one attached hydrogen (secondary N) is 2. The molecule has 2 heterocycles. The van der Waals surface area contributed by atoms with Gasteiger partial charge in [0.2, 0.25) is 0 Å². The van der Waals surface area contributed by atoms with Gasteiger partial charge in [-0.2, -0.15) is 0 Å². The van der Waals surface area contributed by atoms with Crippen molar-refractivity contribution in [1.29, 1.82) is 0 Å².